The van der Waals surface area contributed by atoms with Crippen LogP contribution in [0.3, 0.4) is 0 Å². The Balaban J connectivity index is 1.88. The standard InChI is InChI=1S/C19H19NO4/c1-12-7-8-13(11-14(12)17(21)22)20-18(23)19(9-10-19)15-5-3-4-6-16(15)24-2/h3-8,11H,9-10H2,1-2H3,(H,20,23)(H,21,22). The summed E-state index contributed by atoms with van der Waals surface area (Å²) in [5.74, 6) is -0.443. The number of para-hydroxylation sites is 1. The summed E-state index contributed by atoms with van der Waals surface area (Å²) in [6.45, 7) is 1.73. The number of rotatable bonds is 5. The van der Waals surface area contributed by atoms with E-state index in [1.807, 2.05) is 24.3 Å². The summed E-state index contributed by atoms with van der Waals surface area (Å²) >= 11 is 0. The van der Waals surface area contributed by atoms with Crippen LogP contribution in [0.5, 0.6) is 5.75 Å². The highest BCUT2D eigenvalue weighted by molar-refractivity contribution is 6.02. The van der Waals surface area contributed by atoms with Gasteiger partial charge in [0.25, 0.3) is 0 Å². The average molecular weight is 325 g/mol. The minimum atomic E-state index is -1.01. The van der Waals surface area contributed by atoms with Crippen LogP contribution in [0.1, 0.15) is 34.3 Å². The molecule has 1 fully saturated rings. The van der Waals surface area contributed by atoms with Gasteiger partial charge in [-0.3, -0.25) is 4.79 Å². The Morgan fingerprint density at radius 3 is 2.50 bits per heavy atom. The molecule has 0 saturated heterocycles. The Bertz CT molecular complexity index is 809. The summed E-state index contributed by atoms with van der Waals surface area (Å²) in [6, 6.07) is 12.4. The molecule has 1 aliphatic carbocycles. The molecule has 0 spiro atoms. The van der Waals surface area contributed by atoms with Crippen molar-refractivity contribution in [1.82, 2.24) is 0 Å². The van der Waals surface area contributed by atoms with E-state index in [1.165, 1.54) is 6.07 Å². The van der Waals surface area contributed by atoms with Crippen molar-refractivity contribution in [3.8, 4) is 5.75 Å². The van der Waals surface area contributed by atoms with Crippen molar-refractivity contribution in [3.05, 3.63) is 59.2 Å². The second-order valence-electron chi connectivity index (χ2n) is 6.07. The van der Waals surface area contributed by atoms with Gasteiger partial charge >= 0.3 is 5.97 Å². The first-order chi connectivity index (χ1) is 11.5. The number of carbonyl (C=O) groups is 2. The van der Waals surface area contributed by atoms with Gasteiger partial charge in [0.15, 0.2) is 0 Å². The molecule has 0 atom stereocenters. The number of aromatic carboxylic acids is 1. The van der Waals surface area contributed by atoms with Crippen molar-refractivity contribution in [2.45, 2.75) is 25.2 Å². The second kappa shape index (κ2) is 6.00. The Hall–Kier alpha value is -2.82. The van der Waals surface area contributed by atoms with Gasteiger partial charge in [-0.15, -0.1) is 0 Å². The molecule has 5 heteroatoms. The van der Waals surface area contributed by atoms with Gasteiger partial charge in [0, 0.05) is 11.3 Å². The number of benzene rings is 2. The molecule has 124 valence electrons. The minimum Gasteiger partial charge on any atom is -0.496 e. The maximum absolute atomic E-state index is 12.8. The first-order valence-electron chi connectivity index (χ1n) is 7.77. The SMILES string of the molecule is COc1ccccc1C1(C(=O)Nc2ccc(C)c(C(=O)O)c2)CC1. The fourth-order valence-corrected chi connectivity index (χ4v) is 2.96. The van der Waals surface area contributed by atoms with Gasteiger partial charge in [0.1, 0.15) is 5.75 Å². The lowest BCUT2D eigenvalue weighted by molar-refractivity contribution is -0.118. The third-order valence-electron chi connectivity index (χ3n) is 4.53. The van der Waals surface area contributed by atoms with Gasteiger partial charge in [-0.05, 0) is 43.5 Å². The molecule has 0 aromatic heterocycles. The summed E-state index contributed by atoms with van der Waals surface area (Å²) in [5.41, 5.74) is 1.61. The lowest BCUT2D eigenvalue weighted by atomic mass is 9.93. The van der Waals surface area contributed by atoms with E-state index in [4.69, 9.17) is 4.74 Å². The summed E-state index contributed by atoms with van der Waals surface area (Å²) in [7, 11) is 1.59. The number of ether oxygens (including phenoxy) is 1. The summed E-state index contributed by atoms with van der Waals surface area (Å²) in [4.78, 5) is 24.1. The van der Waals surface area contributed by atoms with Gasteiger partial charge in [0.2, 0.25) is 5.91 Å². The maximum Gasteiger partial charge on any atom is 0.336 e. The summed E-state index contributed by atoms with van der Waals surface area (Å²) in [6.07, 6.45) is 1.49. The number of nitrogens with one attached hydrogen (secondary N) is 1. The van der Waals surface area contributed by atoms with E-state index in [0.29, 0.717) is 17.0 Å². The number of hydrogen-bond acceptors (Lipinski definition) is 3. The largest absolute Gasteiger partial charge is 0.496 e. The van der Waals surface area contributed by atoms with Crippen LogP contribution in [-0.4, -0.2) is 24.1 Å². The van der Waals surface area contributed by atoms with Gasteiger partial charge < -0.3 is 15.2 Å². The van der Waals surface area contributed by atoms with Crippen molar-refractivity contribution in [3.63, 3.8) is 0 Å². The zero-order valence-electron chi connectivity index (χ0n) is 13.6. The average Bonchev–Trinajstić information content (AvgIpc) is 3.38. The summed E-state index contributed by atoms with van der Waals surface area (Å²) in [5, 5.41) is 12.1. The van der Waals surface area contributed by atoms with Crippen LogP contribution in [0.4, 0.5) is 5.69 Å². The third-order valence-corrected chi connectivity index (χ3v) is 4.53. The lowest BCUT2D eigenvalue weighted by Gasteiger charge is -2.19. The second-order valence-corrected chi connectivity index (χ2v) is 6.07. The number of anilines is 1. The van der Waals surface area contributed by atoms with Crippen molar-refractivity contribution >= 4 is 17.6 Å². The molecule has 24 heavy (non-hydrogen) atoms. The minimum absolute atomic E-state index is 0.132. The highest BCUT2D eigenvalue weighted by atomic mass is 16.5. The topological polar surface area (TPSA) is 75.6 Å². The molecule has 1 saturated carbocycles. The molecule has 0 unspecified atom stereocenters. The van der Waals surface area contributed by atoms with Crippen molar-refractivity contribution in [1.29, 1.82) is 0 Å². The molecule has 2 N–H and O–H groups in total. The smallest absolute Gasteiger partial charge is 0.336 e. The van der Waals surface area contributed by atoms with Crippen molar-refractivity contribution in [2.24, 2.45) is 0 Å². The van der Waals surface area contributed by atoms with E-state index in [1.54, 1.807) is 26.2 Å². The highest BCUT2D eigenvalue weighted by Crippen LogP contribution is 2.51. The Morgan fingerprint density at radius 1 is 1.17 bits per heavy atom. The van der Waals surface area contributed by atoms with Crippen molar-refractivity contribution < 1.29 is 19.4 Å². The molecule has 1 amide bonds. The molecule has 0 radical (unpaired) electrons. The monoisotopic (exact) mass is 325 g/mol. The van der Waals surface area contributed by atoms with Gasteiger partial charge in [-0.25, -0.2) is 4.79 Å². The van der Waals surface area contributed by atoms with Crippen LogP contribution in [0.25, 0.3) is 0 Å². The van der Waals surface area contributed by atoms with Gasteiger partial charge in [-0.2, -0.15) is 0 Å². The normalized spacial score (nSPS) is 14.8. The Kier molecular flexibility index (Phi) is 4.01. The van der Waals surface area contributed by atoms with Crippen LogP contribution in [0.2, 0.25) is 0 Å². The van der Waals surface area contributed by atoms with Crippen molar-refractivity contribution in [2.75, 3.05) is 12.4 Å². The van der Waals surface area contributed by atoms with E-state index in [9.17, 15) is 14.7 Å². The van der Waals surface area contributed by atoms with Crippen LogP contribution in [-0.2, 0) is 10.2 Å². The Labute approximate surface area is 140 Å². The van der Waals surface area contributed by atoms with Gasteiger partial charge in [-0.1, -0.05) is 24.3 Å². The fourth-order valence-electron chi connectivity index (χ4n) is 2.96. The van der Waals surface area contributed by atoms with E-state index >= 15 is 0 Å². The predicted molar refractivity (Wildman–Crippen MR) is 90.7 cm³/mol. The van der Waals surface area contributed by atoms with E-state index in [-0.39, 0.29) is 11.5 Å². The molecule has 2 aromatic rings. The Morgan fingerprint density at radius 2 is 1.88 bits per heavy atom. The molecule has 3 rings (SSSR count). The molecule has 1 aliphatic rings. The molecule has 2 aromatic carbocycles. The van der Waals surface area contributed by atoms with E-state index < -0.39 is 11.4 Å². The van der Waals surface area contributed by atoms with Crippen LogP contribution < -0.4 is 10.1 Å². The van der Waals surface area contributed by atoms with Crippen LogP contribution in [0, 0.1) is 6.92 Å². The molecular weight excluding hydrogens is 306 g/mol. The van der Waals surface area contributed by atoms with Crippen LogP contribution >= 0.6 is 0 Å². The number of amides is 1. The first kappa shape index (κ1) is 16.1. The van der Waals surface area contributed by atoms with E-state index in [2.05, 4.69) is 5.32 Å². The highest BCUT2D eigenvalue weighted by Gasteiger charge is 2.52. The number of methoxy groups -OCH3 is 1. The van der Waals surface area contributed by atoms with Gasteiger partial charge in [0.05, 0.1) is 18.1 Å². The number of hydrogen-bond donors (Lipinski definition) is 2. The maximum atomic E-state index is 12.8. The quantitative estimate of drug-likeness (QED) is 0.884. The predicted octanol–water partition coefficient (Wildman–Crippen LogP) is 3.37. The molecule has 5 nitrogen and oxygen atoms in total. The lowest BCUT2D eigenvalue weighted by Crippen LogP contribution is -2.28. The van der Waals surface area contributed by atoms with E-state index in [0.717, 1.165) is 18.4 Å². The van der Waals surface area contributed by atoms with Crippen LogP contribution in [0.15, 0.2) is 42.5 Å². The zero-order chi connectivity index (χ0) is 17.3. The molecule has 0 heterocycles. The fraction of sp³-hybridized carbons (Fsp3) is 0.263. The molecule has 0 aliphatic heterocycles. The first-order valence-corrected chi connectivity index (χ1v) is 7.77. The number of aryl methyl sites for hydroxylation is 1. The molecular formula is C19H19NO4. The third kappa shape index (κ3) is 2.73. The number of carboxylic acids is 1. The number of carbonyl (C=O) groups excluding carboxylic acids is 1. The zero-order valence-corrected chi connectivity index (χ0v) is 13.6. The molecule has 0 bridgehead atoms. The number of carboxylic acid groups (broad SMARTS) is 1. The summed E-state index contributed by atoms with van der Waals surface area (Å²) < 4.78 is 5.38.